The molecule has 4 aromatic carbocycles. The van der Waals surface area contributed by atoms with E-state index in [0.29, 0.717) is 13.0 Å². The predicted molar refractivity (Wildman–Crippen MR) is 158 cm³/mol. The topological polar surface area (TPSA) is 56.1 Å². The number of carbonyl (C=O) groups excluding carboxylic acids is 1. The van der Waals surface area contributed by atoms with Gasteiger partial charge in [0.05, 0.1) is 30.1 Å². The lowest BCUT2D eigenvalue weighted by molar-refractivity contribution is -0.121. The quantitative estimate of drug-likeness (QED) is 0.199. The highest BCUT2D eigenvalue weighted by atomic mass is 16.5. The zero-order valence-electron chi connectivity index (χ0n) is 22.9. The molecule has 0 aliphatic rings. The average Bonchev–Trinajstić information content (AvgIpc) is 3.30. The molecule has 39 heavy (non-hydrogen) atoms. The molecule has 1 atom stereocenters. The Labute approximate surface area is 230 Å². The number of aryl methyl sites for hydroxylation is 3. The summed E-state index contributed by atoms with van der Waals surface area (Å²) in [6.07, 6.45) is 1.15. The van der Waals surface area contributed by atoms with Crippen molar-refractivity contribution in [2.45, 2.75) is 46.2 Å². The monoisotopic (exact) mass is 517 g/mol. The summed E-state index contributed by atoms with van der Waals surface area (Å²) in [6, 6.07) is 32.6. The van der Waals surface area contributed by atoms with Crippen LogP contribution in [-0.4, -0.2) is 22.1 Å². The molecule has 1 heterocycles. The number of hydrogen-bond acceptors (Lipinski definition) is 3. The van der Waals surface area contributed by atoms with Gasteiger partial charge in [0.2, 0.25) is 5.91 Å². The van der Waals surface area contributed by atoms with Gasteiger partial charge < -0.3 is 14.6 Å². The van der Waals surface area contributed by atoms with Crippen LogP contribution in [0.15, 0.2) is 97.1 Å². The number of nitrogens with zero attached hydrogens (tertiary/aromatic N) is 2. The van der Waals surface area contributed by atoms with Crippen LogP contribution in [0.2, 0.25) is 0 Å². The molecule has 0 fully saturated rings. The molecule has 1 aromatic heterocycles. The number of para-hydroxylation sites is 2. The van der Waals surface area contributed by atoms with Crippen LogP contribution in [0.3, 0.4) is 0 Å². The molecule has 0 bridgehead atoms. The Hall–Kier alpha value is -4.38. The lowest BCUT2D eigenvalue weighted by atomic mass is 10.0. The van der Waals surface area contributed by atoms with E-state index in [2.05, 4.69) is 72.3 Å². The first kappa shape index (κ1) is 26.2. The summed E-state index contributed by atoms with van der Waals surface area (Å²) >= 11 is 0. The molecular weight excluding hydrogens is 482 g/mol. The number of rotatable bonds is 10. The van der Waals surface area contributed by atoms with E-state index in [4.69, 9.17) is 9.72 Å². The lowest BCUT2D eigenvalue weighted by Gasteiger charge is -2.17. The van der Waals surface area contributed by atoms with Gasteiger partial charge in [0.25, 0.3) is 0 Å². The Balaban J connectivity index is 1.23. The fourth-order valence-corrected chi connectivity index (χ4v) is 5.08. The molecule has 5 aromatic rings. The minimum absolute atomic E-state index is 0.0216. The van der Waals surface area contributed by atoms with Gasteiger partial charge in [0, 0.05) is 6.54 Å². The normalized spacial score (nSPS) is 11.9. The van der Waals surface area contributed by atoms with Gasteiger partial charge in [-0.05, 0) is 79.3 Å². The molecule has 0 aliphatic carbocycles. The maximum absolute atomic E-state index is 13.0. The number of aromatic nitrogens is 2. The standard InChI is InChI=1S/C34H35N3O2/c1-24-20-25(2)22-30(21-24)39-19-9-18-37-32-13-8-7-12-31(32)36-34(37)26(3)35-33(38)23-27-14-16-29(17-15-27)28-10-5-4-6-11-28/h4-8,10-17,20-22,26H,9,18-19,23H2,1-3H3,(H,35,38). The van der Waals surface area contributed by atoms with Gasteiger partial charge in [-0.1, -0.05) is 72.8 Å². The molecule has 1 N–H and O–H groups in total. The zero-order valence-corrected chi connectivity index (χ0v) is 22.9. The fraction of sp³-hybridized carbons (Fsp3) is 0.235. The van der Waals surface area contributed by atoms with Crippen molar-refractivity contribution in [3.8, 4) is 16.9 Å². The number of benzene rings is 4. The molecule has 1 amide bonds. The van der Waals surface area contributed by atoms with Crippen molar-refractivity contribution in [2.75, 3.05) is 6.61 Å². The van der Waals surface area contributed by atoms with Gasteiger partial charge in [-0.2, -0.15) is 0 Å². The second-order valence-corrected chi connectivity index (χ2v) is 10.2. The van der Waals surface area contributed by atoms with E-state index in [0.717, 1.165) is 46.7 Å². The Kier molecular flexibility index (Phi) is 8.07. The molecule has 0 aliphatic heterocycles. The van der Waals surface area contributed by atoms with Gasteiger partial charge >= 0.3 is 0 Å². The van der Waals surface area contributed by atoms with Crippen molar-refractivity contribution >= 4 is 16.9 Å². The number of ether oxygens (including phenoxy) is 1. The molecule has 198 valence electrons. The largest absolute Gasteiger partial charge is 0.494 e. The maximum Gasteiger partial charge on any atom is 0.224 e. The van der Waals surface area contributed by atoms with Crippen molar-refractivity contribution in [3.05, 3.63) is 120 Å². The highest BCUT2D eigenvalue weighted by molar-refractivity contribution is 5.80. The van der Waals surface area contributed by atoms with E-state index in [-0.39, 0.29) is 11.9 Å². The van der Waals surface area contributed by atoms with Crippen LogP contribution in [0.1, 0.15) is 41.9 Å². The van der Waals surface area contributed by atoms with Gasteiger partial charge in [-0.3, -0.25) is 4.79 Å². The summed E-state index contributed by atoms with van der Waals surface area (Å²) in [5, 5.41) is 3.17. The minimum Gasteiger partial charge on any atom is -0.494 e. The van der Waals surface area contributed by atoms with Gasteiger partial charge in [-0.15, -0.1) is 0 Å². The number of carbonyl (C=O) groups is 1. The molecule has 5 nitrogen and oxygen atoms in total. The van der Waals surface area contributed by atoms with Crippen molar-refractivity contribution in [2.24, 2.45) is 0 Å². The molecule has 0 saturated carbocycles. The summed E-state index contributed by atoms with van der Waals surface area (Å²) in [7, 11) is 0. The SMILES string of the molecule is Cc1cc(C)cc(OCCCn2c(C(C)NC(=O)Cc3ccc(-c4ccccc4)cc3)nc3ccccc32)c1. The third-order valence-electron chi connectivity index (χ3n) is 6.86. The van der Waals surface area contributed by atoms with E-state index in [9.17, 15) is 4.79 Å². The second kappa shape index (κ2) is 12.0. The third kappa shape index (κ3) is 6.55. The van der Waals surface area contributed by atoms with E-state index in [1.165, 1.54) is 16.7 Å². The molecule has 0 radical (unpaired) electrons. The van der Waals surface area contributed by atoms with E-state index in [1.54, 1.807) is 0 Å². The summed E-state index contributed by atoms with van der Waals surface area (Å²) in [5.74, 6) is 1.74. The van der Waals surface area contributed by atoms with Crippen LogP contribution in [0.5, 0.6) is 5.75 Å². The molecule has 5 rings (SSSR count). The molecule has 5 heteroatoms. The summed E-state index contributed by atoms with van der Waals surface area (Å²) in [6.45, 7) is 7.52. The molecular formula is C34H35N3O2. The van der Waals surface area contributed by atoms with Crippen LogP contribution in [-0.2, 0) is 17.8 Å². The summed E-state index contributed by atoms with van der Waals surface area (Å²) in [4.78, 5) is 17.9. The fourth-order valence-electron chi connectivity index (χ4n) is 5.08. The highest BCUT2D eigenvalue weighted by Gasteiger charge is 2.18. The summed E-state index contributed by atoms with van der Waals surface area (Å²) in [5.41, 5.74) is 7.69. The number of nitrogens with one attached hydrogen (secondary N) is 1. The summed E-state index contributed by atoms with van der Waals surface area (Å²) < 4.78 is 8.25. The first-order chi connectivity index (χ1) is 19.0. The van der Waals surface area contributed by atoms with Gasteiger partial charge in [0.1, 0.15) is 11.6 Å². The van der Waals surface area contributed by atoms with Crippen molar-refractivity contribution in [1.82, 2.24) is 14.9 Å². The van der Waals surface area contributed by atoms with Crippen molar-refractivity contribution < 1.29 is 9.53 Å². The van der Waals surface area contributed by atoms with E-state index >= 15 is 0 Å². The van der Waals surface area contributed by atoms with Crippen LogP contribution in [0, 0.1) is 13.8 Å². The highest BCUT2D eigenvalue weighted by Crippen LogP contribution is 2.23. The maximum atomic E-state index is 13.0. The van der Waals surface area contributed by atoms with Gasteiger partial charge in [-0.25, -0.2) is 4.98 Å². The van der Waals surface area contributed by atoms with Gasteiger partial charge in [0.15, 0.2) is 0 Å². The Morgan fingerprint density at radius 2 is 1.54 bits per heavy atom. The molecule has 0 spiro atoms. The van der Waals surface area contributed by atoms with Crippen LogP contribution < -0.4 is 10.1 Å². The van der Waals surface area contributed by atoms with Crippen LogP contribution in [0.4, 0.5) is 0 Å². The van der Waals surface area contributed by atoms with E-state index < -0.39 is 0 Å². The molecule has 0 saturated heterocycles. The number of hydrogen-bond donors (Lipinski definition) is 1. The predicted octanol–water partition coefficient (Wildman–Crippen LogP) is 7.21. The molecule has 1 unspecified atom stereocenters. The van der Waals surface area contributed by atoms with Crippen molar-refractivity contribution in [1.29, 1.82) is 0 Å². The minimum atomic E-state index is -0.228. The zero-order chi connectivity index (χ0) is 27.2. The number of fused-ring (bicyclic) bond motifs is 1. The average molecular weight is 518 g/mol. The van der Waals surface area contributed by atoms with E-state index in [1.807, 2.05) is 55.5 Å². The van der Waals surface area contributed by atoms with Crippen LogP contribution in [0.25, 0.3) is 22.2 Å². The third-order valence-corrected chi connectivity index (χ3v) is 6.86. The van der Waals surface area contributed by atoms with Crippen molar-refractivity contribution in [3.63, 3.8) is 0 Å². The first-order valence-corrected chi connectivity index (χ1v) is 13.6. The number of imidazole rings is 1. The smallest absolute Gasteiger partial charge is 0.224 e. The lowest BCUT2D eigenvalue weighted by Crippen LogP contribution is -2.30. The first-order valence-electron chi connectivity index (χ1n) is 13.6. The Morgan fingerprint density at radius 3 is 2.28 bits per heavy atom. The second-order valence-electron chi connectivity index (χ2n) is 10.2. The van der Waals surface area contributed by atoms with Crippen LogP contribution >= 0.6 is 0 Å². The Morgan fingerprint density at radius 1 is 0.872 bits per heavy atom. The number of amides is 1. The Bertz CT molecular complexity index is 1540.